The van der Waals surface area contributed by atoms with Crippen LogP contribution in [0.5, 0.6) is 11.5 Å². The first-order valence-corrected chi connectivity index (χ1v) is 11.7. The van der Waals surface area contributed by atoms with Gasteiger partial charge in [-0.15, -0.1) is 0 Å². The first-order chi connectivity index (χ1) is 16.9. The number of hydrogen-bond acceptors (Lipinski definition) is 6. The molecule has 0 saturated carbocycles. The molecule has 1 fully saturated rings. The molecule has 5 rings (SSSR count). The summed E-state index contributed by atoms with van der Waals surface area (Å²) >= 11 is 12.0. The number of hydrogen-bond donors (Lipinski definition) is 0. The van der Waals surface area contributed by atoms with Gasteiger partial charge in [0.15, 0.2) is 17.3 Å². The van der Waals surface area contributed by atoms with Crippen LogP contribution in [-0.2, 0) is 4.79 Å². The van der Waals surface area contributed by atoms with Crippen LogP contribution in [0.2, 0.25) is 10.0 Å². The third-order valence-electron chi connectivity index (χ3n) is 6.19. The van der Waals surface area contributed by atoms with E-state index in [0.29, 0.717) is 54.2 Å². The maximum absolute atomic E-state index is 15.0. The van der Waals surface area contributed by atoms with Gasteiger partial charge in [0, 0.05) is 43.8 Å². The molecule has 2 aliphatic rings. The molecule has 1 saturated heterocycles. The number of ether oxygens (including phenoxy) is 2. The Hall–Kier alpha value is -3.36. The molecule has 35 heavy (non-hydrogen) atoms. The minimum Gasteiger partial charge on any atom is -0.493 e. The molecule has 2 aromatic carbocycles. The Labute approximate surface area is 211 Å². The molecule has 0 atom stereocenters. The summed E-state index contributed by atoms with van der Waals surface area (Å²) in [7, 11) is 1.57. The molecule has 1 amide bonds. The molecular formula is C25H21Cl2FN4O3. The molecule has 0 aliphatic carbocycles. The van der Waals surface area contributed by atoms with E-state index >= 15 is 4.39 Å². The quantitative estimate of drug-likeness (QED) is 0.318. The lowest BCUT2D eigenvalue weighted by molar-refractivity contribution is -0.127. The Morgan fingerprint density at radius 1 is 1.26 bits per heavy atom. The zero-order valence-corrected chi connectivity index (χ0v) is 20.3. The summed E-state index contributed by atoms with van der Waals surface area (Å²) in [5, 5.41) is 0.660. The van der Waals surface area contributed by atoms with E-state index < -0.39 is 5.82 Å². The van der Waals surface area contributed by atoms with Crippen LogP contribution >= 0.6 is 23.2 Å². The molecule has 0 unspecified atom stereocenters. The van der Waals surface area contributed by atoms with E-state index in [4.69, 9.17) is 32.7 Å². The second-order valence-corrected chi connectivity index (χ2v) is 8.93. The van der Waals surface area contributed by atoms with Crippen LogP contribution in [0.15, 0.2) is 43.4 Å². The number of methoxy groups -OCH3 is 1. The summed E-state index contributed by atoms with van der Waals surface area (Å²) in [6.07, 6.45) is 7.48. The number of carbonyl (C=O) groups excluding carboxylic acids is 1. The number of carbonyl (C=O) groups is 1. The van der Waals surface area contributed by atoms with Gasteiger partial charge in [-0.25, -0.2) is 14.4 Å². The predicted molar refractivity (Wildman–Crippen MR) is 134 cm³/mol. The summed E-state index contributed by atoms with van der Waals surface area (Å²) in [6, 6.07) is 4.86. The normalized spacial score (nSPS) is 15.4. The van der Waals surface area contributed by atoms with Crippen LogP contribution < -0.4 is 14.4 Å². The fourth-order valence-corrected chi connectivity index (χ4v) is 4.72. The minimum absolute atomic E-state index is 0.0822. The monoisotopic (exact) mass is 514 g/mol. The van der Waals surface area contributed by atoms with Crippen molar-refractivity contribution in [3.05, 3.63) is 64.8 Å². The highest BCUT2D eigenvalue weighted by atomic mass is 35.5. The van der Waals surface area contributed by atoms with Gasteiger partial charge in [0.2, 0.25) is 5.91 Å². The fraction of sp³-hybridized carbons (Fsp3) is 0.240. The molecule has 7 nitrogen and oxygen atoms in total. The van der Waals surface area contributed by atoms with Crippen molar-refractivity contribution in [2.75, 3.05) is 25.1 Å². The summed E-state index contributed by atoms with van der Waals surface area (Å²) in [5.41, 5.74) is 1.56. The average Bonchev–Trinajstić information content (AvgIpc) is 2.89. The van der Waals surface area contributed by atoms with Gasteiger partial charge in [0.25, 0.3) is 0 Å². The second-order valence-electron chi connectivity index (χ2n) is 8.14. The highest BCUT2D eigenvalue weighted by Gasteiger charge is 2.29. The zero-order valence-electron chi connectivity index (χ0n) is 18.8. The Kier molecular flexibility index (Phi) is 6.25. The predicted octanol–water partition coefficient (Wildman–Crippen LogP) is 5.76. The first-order valence-electron chi connectivity index (χ1n) is 11.0. The number of nitrogens with zero attached hydrogens (tertiary/aromatic N) is 4. The van der Waals surface area contributed by atoms with E-state index in [1.807, 2.05) is 6.08 Å². The molecule has 0 N–H and O–H groups in total. The van der Waals surface area contributed by atoms with Crippen LogP contribution in [0.3, 0.4) is 0 Å². The molecule has 1 aromatic heterocycles. The van der Waals surface area contributed by atoms with Gasteiger partial charge in [-0.05, 0) is 24.3 Å². The number of halogens is 3. The van der Waals surface area contributed by atoms with Crippen molar-refractivity contribution in [2.24, 2.45) is 0 Å². The standard InChI is InChI=1S/C25H21Cl2FN4O3/c1-3-20(33)31-9-6-14(7-10-31)35-24-15-8-11-32(18-5-4-16(26)22(27)23(18)28)25-21(15)17(29-13-30-25)12-19(24)34-2/h3-5,8,11-14H,1,6-7,9-10H2,2H3. The lowest BCUT2D eigenvalue weighted by Crippen LogP contribution is -2.41. The van der Waals surface area contributed by atoms with Gasteiger partial charge in [-0.1, -0.05) is 29.8 Å². The number of anilines is 2. The van der Waals surface area contributed by atoms with Crippen molar-refractivity contribution >= 4 is 57.6 Å². The zero-order chi connectivity index (χ0) is 24.7. The van der Waals surface area contributed by atoms with Crippen molar-refractivity contribution in [3.63, 3.8) is 0 Å². The van der Waals surface area contributed by atoms with Crippen molar-refractivity contribution in [1.29, 1.82) is 0 Å². The van der Waals surface area contributed by atoms with Gasteiger partial charge in [-0.3, -0.25) is 9.69 Å². The fourth-order valence-electron chi connectivity index (χ4n) is 4.41. The summed E-state index contributed by atoms with van der Waals surface area (Å²) in [5.74, 6) is 0.824. The third kappa shape index (κ3) is 4.06. The SMILES string of the molecule is C=CC(=O)N1CCC(Oc2c(OC)cc3ncnc4c3c2C=CN4c2ccc(Cl)c(Cl)c2F)CC1. The molecule has 0 radical (unpaired) electrons. The Bertz CT molecular complexity index is 1370. The molecule has 180 valence electrons. The number of aromatic nitrogens is 2. The first kappa shape index (κ1) is 23.4. The van der Waals surface area contributed by atoms with Crippen molar-refractivity contribution in [2.45, 2.75) is 18.9 Å². The van der Waals surface area contributed by atoms with Gasteiger partial charge in [-0.2, -0.15) is 0 Å². The van der Waals surface area contributed by atoms with E-state index in [1.165, 1.54) is 18.5 Å². The number of rotatable bonds is 5. The maximum atomic E-state index is 15.0. The summed E-state index contributed by atoms with van der Waals surface area (Å²) in [4.78, 5) is 24.1. The van der Waals surface area contributed by atoms with Crippen molar-refractivity contribution in [3.8, 4) is 11.5 Å². The Morgan fingerprint density at radius 2 is 2.03 bits per heavy atom. The summed E-state index contributed by atoms with van der Waals surface area (Å²) in [6.45, 7) is 4.71. The Morgan fingerprint density at radius 3 is 2.74 bits per heavy atom. The Balaban J connectivity index is 1.55. The van der Waals surface area contributed by atoms with E-state index in [9.17, 15) is 4.79 Å². The number of benzene rings is 2. The van der Waals surface area contributed by atoms with Crippen LogP contribution in [0.4, 0.5) is 15.9 Å². The van der Waals surface area contributed by atoms with Crippen LogP contribution in [0.25, 0.3) is 17.0 Å². The molecule has 0 bridgehead atoms. The molecule has 2 aliphatic heterocycles. The van der Waals surface area contributed by atoms with Gasteiger partial charge in [0.1, 0.15) is 18.2 Å². The lowest BCUT2D eigenvalue weighted by Gasteiger charge is -2.33. The third-order valence-corrected chi connectivity index (χ3v) is 6.97. The lowest BCUT2D eigenvalue weighted by atomic mass is 10.0. The van der Waals surface area contributed by atoms with Gasteiger partial charge in [0.05, 0.1) is 33.7 Å². The second kappa shape index (κ2) is 9.36. The topological polar surface area (TPSA) is 67.8 Å². The average molecular weight is 515 g/mol. The van der Waals surface area contributed by atoms with Crippen molar-refractivity contribution in [1.82, 2.24) is 14.9 Å². The maximum Gasteiger partial charge on any atom is 0.245 e. The molecule has 0 spiro atoms. The van der Waals surface area contributed by atoms with E-state index in [0.717, 1.165) is 5.56 Å². The van der Waals surface area contributed by atoms with Crippen LogP contribution in [0.1, 0.15) is 18.4 Å². The van der Waals surface area contributed by atoms with E-state index in [1.54, 1.807) is 35.2 Å². The van der Waals surface area contributed by atoms with E-state index in [2.05, 4.69) is 16.5 Å². The van der Waals surface area contributed by atoms with Crippen LogP contribution in [-0.4, -0.2) is 47.1 Å². The highest BCUT2D eigenvalue weighted by Crippen LogP contribution is 2.46. The smallest absolute Gasteiger partial charge is 0.245 e. The van der Waals surface area contributed by atoms with E-state index in [-0.39, 0.29) is 27.7 Å². The minimum atomic E-state index is -0.648. The molecular weight excluding hydrogens is 494 g/mol. The molecule has 3 heterocycles. The highest BCUT2D eigenvalue weighted by molar-refractivity contribution is 6.42. The number of amides is 1. The van der Waals surface area contributed by atoms with Gasteiger partial charge < -0.3 is 14.4 Å². The van der Waals surface area contributed by atoms with Crippen LogP contribution in [0, 0.1) is 5.82 Å². The molecule has 3 aromatic rings. The number of piperidine rings is 1. The van der Waals surface area contributed by atoms with Crippen molar-refractivity contribution < 1.29 is 18.7 Å². The number of likely N-dealkylation sites (tertiary alicyclic amines) is 1. The van der Waals surface area contributed by atoms with Gasteiger partial charge >= 0.3 is 0 Å². The largest absolute Gasteiger partial charge is 0.493 e. The summed E-state index contributed by atoms with van der Waals surface area (Å²) < 4.78 is 27.1. The molecule has 10 heteroatoms.